The van der Waals surface area contributed by atoms with Crippen LogP contribution in [0.4, 0.5) is 0 Å². The molecule has 1 N–H and O–H groups in total. The highest BCUT2D eigenvalue weighted by Crippen LogP contribution is 2.49. The predicted octanol–water partition coefficient (Wildman–Crippen LogP) is 1.98. The lowest BCUT2D eigenvalue weighted by Gasteiger charge is -2.06. The minimum absolute atomic E-state index is 0.545. The third-order valence-corrected chi connectivity index (χ3v) is 3.65. The number of carboxylic acids is 1. The number of para-hydroxylation sites is 1. The zero-order valence-corrected chi connectivity index (χ0v) is 9.68. The van der Waals surface area contributed by atoms with Gasteiger partial charge >= 0.3 is 5.97 Å². The van der Waals surface area contributed by atoms with E-state index in [-0.39, 0.29) is 0 Å². The summed E-state index contributed by atoms with van der Waals surface area (Å²) in [6.07, 6.45) is 2.09. The molecule has 0 unspecified atom stereocenters. The van der Waals surface area contributed by atoms with Gasteiger partial charge < -0.3 is 5.11 Å². The van der Waals surface area contributed by atoms with Crippen molar-refractivity contribution in [3.05, 3.63) is 30.0 Å². The molecule has 0 atom stereocenters. The molecule has 1 aromatic carbocycles. The van der Waals surface area contributed by atoms with Gasteiger partial charge in [-0.15, -0.1) is 0 Å². The lowest BCUT2D eigenvalue weighted by molar-refractivity contribution is -0.143. The number of aromatic nitrogens is 2. The molecule has 4 nitrogen and oxygen atoms in total. The van der Waals surface area contributed by atoms with Gasteiger partial charge in [-0.2, -0.15) is 5.10 Å². The molecule has 0 spiro atoms. The fourth-order valence-electron chi connectivity index (χ4n) is 2.36. The first-order valence-corrected chi connectivity index (χ1v) is 5.76. The summed E-state index contributed by atoms with van der Waals surface area (Å²) in [5, 5.41) is 14.7. The normalized spacial score (nSPS) is 17.2. The van der Waals surface area contributed by atoms with E-state index in [1.165, 1.54) is 0 Å². The summed E-state index contributed by atoms with van der Waals surface area (Å²) in [5.74, 6) is -0.688. The molecule has 0 amide bonds. The van der Waals surface area contributed by atoms with Crippen LogP contribution in [0.3, 0.4) is 0 Å². The Morgan fingerprint density at radius 2 is 2.18 bits per heavy atom. The van der Waals surface area contributed by atoms with E-state index in [0.29, 0.717) is 6.42 Å². The molecule has 17 heavy (non-hydrogen) atoms. The molecule has 1 saturated carbocycles. The first kappa shape index (κ1) is 10.3. The second kappa shape index (κ2) is 3.32. The largest absolute Gasteiger partial charge is 0.481 e. The van der Waals surface area contributed by atoms with Gasteiger partial charge in [-0.25, -0.2) is 0 Å². The Hall–Kier alpha value is -1.84. The second-order valence-electron chi connectivity index (χ2n) is 4.85. The van der Waals surface area contributed by atoms with Crippen molar-refractivity contribution in [3.63, 3.8) is 0 Å². The first-order chi connectivity index (χ1) is 8.12. The SMILES string of the molecule is Cn1nc(CC2(C(=O)O)CC2)c2ccccc21. The van der Waals surface area contributed by atoms with Crippen LogP contribution in [-0.4, -0.2) is 20.9 Å². The molecule has 2 aromatic rings. The molecule has 1 heterocycles. The van der Waals surface area contributed by atoms with Gasteiger partial charge in [-0.3, -0.25) is 9.48 Å². The summed E-state index contributed by atoms with van der Waals surface area (Å²) in [4.78, 5) is 11.2. The van der Waals surface area contributed by atoms with Gasteiger partial charge in [0.15, 0.2) is 0 Å². The van der Waals surface area contributed by atoms with Crippen molar-refractivity contribution in [3.8, 4) is 0 Å². The van der Waals surface area contributed by atoms with Crippen LogP contribution in [0.2, 0.25) is 0 Å². The van der Waals surface area contributed by atoms with Crippen LogP contribution < -0.4 is 0 Å². The van der Waals surface area contributed by atoms with Gasteiger partial charge in [0.2, 0.25) is 0 Å². The van der Waals surface area contributed by atoms with Crippen LogP contribution >= 0.6 is 0 Å². The number of carbonyl (C=O) groups is 1. The Balaban J connectivity index is 2.04. The number of carboxylic acid groups (broad SMARTS) is 1. The number of aryl methyl sites for hydroxylation is 1. The van der Waals surface area contributed by atoms with Crippen LogP contribution in [0.5, 0.6) is 0 Å². The Labute approximate surface area is 98.9 Å². The molecule has 88 valence electrons. The highest BCUT2D eigenvalue weighted by molar-refractivity contribution is 5.84. The number of benzene rings is 1. The molecule has 1 aliphatic rings. The smallest absolute Gasteiger partial charge is 0.310 e. The van der Waals surface area contributed by atoms with Crippen molar-refractivity contribution < 1.29 is 9.90 Å². The van der Waals surface area contributed by atoms with Gasteiger partial charge in [0.05, 0.1) is 16.6 Å². The lowest BCUT2D eigenvalue weighted by Crippen LogP contribution is -2.18. The van der Waals surface area contributed by atoms with Crippen molar-refractivity contribution in [1.82, 2.24) is 9.78 Å². The fourth-order valence-corrected chi connectivity index (χ4v) is 2.36. The molecule has 0 saturated heterocycles. The maximum absolute atomic E-state index is 11.2. The van der Waals surface area contributed by atoms with E-state index in [0.717, 1.165) is 29.4 Å². The first-order valence-electron chi connectivity index (χ1n) is 5.76. The minimum Gasteiger partial charge on any atom is -0.481 e. The highest BCUT2D eigenvalue weighted by atomic mass is 16.4. The quantitative estimate of drug-likeness (QED) is 0.877. The van der Waals surface area contributed by atoms with Crippen LogP contribution in [0, 0.1) is 5.41 Å². The second-order valence-corrected chi connectivity index (χ2v) is 4.85. The van der Waals surface area contributed by atoms with E-state index >= 15 is 0 Å². The van der Waals surface area contributed by atoms with Crippen LogP contribution in [-0.2, 0) is 18.3 Å². The topological polar surface area (TPSA) is 55.1 Å². The molecule has 0 radical (unpaired) electrons. The number of hydrogen-bond acceptors (Lipinski definition) is 2. The van der Waals surface area contributed by atoms with Gasteiger partial charge in [0, 0.05) is 18.9 Å². The van der Waals surface area contributed by atoms with Gasteiger partial charge in [0.1, 0.15) is 0 Å². The summed E-state index contributed by atoms with van der Waals surface area (Å²) in [5.41, 5.74) is 1.42. The number of fused-ring (bicyclic) bond motifs is 1. The zero-order valence-electron chi connectivity index (χ0n) is 9.68. The van der Waals surface area contributed by atoms with E-state index in [1.54, 1.807) is 0 Å². The van der Waals surface area contributed by atoms with Gasteiger partial charge in [-0.05, 0) is 18.9 Å². The van der Waals surface area contributed by atoms with E-state index in [2.05, 4.69) is 5.10 Å². The molecule has 3 rings (SSSR count). The van der Waals surface area contributed by atoms with Gasteiger partial charge in [0.25, 0.3) is 0 Å². The van der Waals surface area contributed by atoms with Crippen molar-refractivity contribution >= 4 is 16.9 Å². The van der Waals surface area contributed by atoms with Crippen molar-refractivity contribution in [1.29, 1.82) is 0 Å². The summed E-state index contributed by atoms with van der Waals surface area (Å²) in [6.45, 7) is 0. The molecule has 0 aliphatic heterocycles. The molecule has 1 aromatic heterocycles. The molecule has 1 fully saturated rings. The predicted molar refractivity (Wildman–Crippen MR) is 63.7 cm³/mol. The third-order valence-electron chi connectivity index (χ3n) is 3.65. The number of aliphatic carboxylic acids is 1. The van der Waals surface area contributed by atoms with Gasteiger partial charge in [-0.1, -0.05) is 18.2 Å². The third kappa shape index (κ3) is 1.52. The fraction of sp³-hybridized carbons (Fsp3) is 0.385. The van der Waals surface area contributed by atoms with Crippen molar-refractivity contribution in [2.75, 3.05) is 0 Å². The average Bonchev–Trinajstić information content (AvgIpc) is 3.03. The van der Waals surface area contributed by atoms with Crippen LogP contribution in [0.15, 0.2) is 24.3 Å². The zero-order chi connectivity index (χ0) is 12.0. The van der Waals surface area contributed by atoms with E-state index in [1.807, 2.05) is 36.0 Å². The molecule has 4 heteroatoms. The van der Waals surface area contributed by atoms with Crippen molar-refractivity contribution in [2.45, 2.75) is 19.3 Å². The van der Waals surface area contributed by atoms with E-state index in [4.69, 9.17) is 0 Å². The van der Waals surface area contributed by atoms with Crippen molar-refractivity contribution in [2.24, 2.45) is 12.5 Å². The molecular weight excluding hydrogens is 216 g/mol. The maximum atomic E-state index is 11.2. The molecular formula is C13H14N2O2. The maximum Gasteiger partial charge on any atom is 0.310 e. The van der Waals surface area contributed by atoms with Crippen LogP contribution in [0.1, 0.15) is 18.5 Å². The summed E-state index contributed by atoms with van der Waals surface area (Å²) >= 11 is 0. The monoisotopic (exact) mass is 230 g/mol. The Morgan fingerprint density at radius 1 is 1.47 bits per heavy atom. The summed E-state index contributed by atoms with van der Waals surface area (Å²) in [6, 6.07) is 7.95. The highest BCUT2D eigenvalue weighted by Gasteiger charge is 2.50. The number of rotatable bonds is 3. The average molecular weight is 230 g/mol. The van der Waals surface area contributed by atoms with E-state index in [9.17, 15) is 9.90 Å². The number of hydrogen-bond donors (Lipinski definition) is 1. The lowest BCUT2D eigenvalue weighted by atomic mass is 9.99. The van der Waals surface area contributed by atoms with E-state index < -0.39 is 11.4 Å². The Bertz CT molecular complexity index is 596. The molecule has 1 aliphatic carbocycles. The number of nitrogens with zero attached hydrogens (tertiary/aromatic N) is 2. The molecule has 0 bridgehead atoms. The summed E-state index contributed by atoms with van der Waals surface area (Å²) < 4.78 is 1.82. The Kier molecular flexibility index (Phi) is 2.02. The van der Waals surface area contributed by atoms with Crippen LogP contribution in [0.25, 0.3) is 10.9 Å². The minimum atomic E-state index is -0.688. The summed E-state index contributed by atoms with van der Waals surface area (Å²) in [7, 11) is 1.90. The Morgan fingerprint density at radius 3 is 2.82 bits per heavy atom. The standard InChI is InChI=1S/C13H14N2O2/c1-15-11-5-3-2-4-9(11)10(14-15)8-13(6-7-13)12(16)17/h2-5H,6-8H2,1H3,(H,16,17).